The minimum Gasteiger partial charge on any atom is -0.392 e. The van der Waals surface area contributed by atoms with Crippen molar-refractivity contribution in [3.8, 4) is 0 Å². The number of H-pyrrole nitrogens is 1. The lowest BCUT2D eigenvalue weighted by molar-refractivity contribution is 0.282. The van der Waals surface area contributed by atoms with Crippen molar-refractivity contribution in [2.75, 3.05) is 6.26 Å². The quantitative estimate of drug-likeness (QED) is 0.447. The fraction of sp³-hybridized carbons (Fsp3) is 0.167. The molecule has 18 heavy (non-hydrogen) atoms. The number of nitrogens with zero attached hydrogens (tertiary/aromatic N) is 2. The number of hydrogen-bond acceptors (Lipinski definition) is 4. The first kappa shape index (κ1) is 12.7. The van der Waals surface area contributed by atoms with Crippen LogP contribution < -0.4 is 5.73 Å². The van der Waals surface area contributed by atoms with Crippen molar-refractivity contribution in [3.63, 3.8) is 0 Å². The van der Waals surface area contributed by atoms with Crippen LogP contribution in [0.4, 0.5) is 0 Å². The number of aromatic nitrogens is 1. The van der Waals surface area contributed by atoms with Crippen LogP contribution >= 0.6 is 11.8 Å². The Morgan fingerprint density at radius 2 is 2.39 bits per heavy atom. The van der Waals surface area contributed by atoms with E-state index in [2.05, 4.69) is 15.2 Å². The van der Waals surface area contributed by atoms with Crippen molar-refractivity contribution >= 4 is 34.0 Å². The summed E-state index contributed by atoms with van der Waals surface area (Å²) >= 11 is 1.34. The van der Waals surface area contributed by atoms with E-state index in [1.165, 1.54) is 11.8 Å². The molecule has 0 amide bonds. The summed E-state index contributed by atoms with van der Waals surface area (Å²) in [5.41, 5.74) is 8.30. The monoisotopic (exact) mass is 262 g/mol. The Balaban J connectivity index is 2.33. The second-order valence-corrected chi connectivity index (χ2v) is 4.50. The van der Waals surface area contributed by atoms with Gasteiger partial charge < -0.3 is 15.8 Å². The number of rotatable bonds is 3. The molecule has 1 aromatic carbocycles. The third-order valence-corrected chi connectivity index (χ3v) is 3.02. The zero-order valence-corrected chi connectivity index (χ0v) is 10.7. The summed E-state index contributed by atoms with van der Waals surface area (Å²) in [5.74, 6) is 0. The van der Waals surface area contributed by atoms with E-state index in [-0.39, 0.29) is 6.61 Å². The van der Waals surface area contributed by atoms with Crippen LogP contribution in [0.15, 0.2) is 34.6 Å². The number of nitrogens with one attached hydrogen (secondary N) is 1. The Hall–Kier alpha value is -1.79. The molecule has 0 bridgehead atoms. The summed E-state index contributed by atoms with van der Waals surface area (Å²) in [7, 11) is 0. The maximum atomic E-state index is 9.12. The average molecular weight is 262 g/mol. The van der Waals surface area contributed by atoms with Crippen LogP contribution in [-0.2, 0) is 6.61 Å². The number of aliphatic hydroxyl groups excluding tert-OH is 1. The van der Waals surface area contributed by atoms with Crippen LogP contribution in [0, 0.1) is 0 Å². The van der Waals surface area contributed by atoms with Gasteiger partial charge in [0, 0.05) is 22.7 Å². The molecule has 0 atom stereocenters. The Bertz CT molecular complexity index is 603. The molecule has 94 valence electrons. The third-order valence-electron chi connectivity index (χ3n) is 2.52. The van der Waals surface area contributed by atoms with Gasteiger partial charge in [0.2, 0.25) is 0 Å². The summed E-state index contributed by atoms with van der Waals surface area (Å²) < 4.78 is 0. The zero-order valence-electron chi connectivity index (χ0n) is 9.92. The molecule has 0 radical (unpaired) electrons. The van der Waals surface area contributed by atoms with Crippen molar-refractivity contribution in [2.45, 2.75) is 6.61 Å². The van der Waals surface area contributed by atoms with E-state index < -0.39 is 0 Å². The van der Waals surface area contributed by atoms with E-state index in [4.69, 9.17) is 10.8 Å². The van der Waals surface area contributed by atoms with E-state index in [0.717, 1.165) is 22.0 Å². The van der Waals surface area contributed by atoms with Crippen molar-refractivity contribution in [1.82, 2.24) is 4.98 Å². The standard InChI is InChI=1S/C12H14N4OS/c1-18-12(13)16-15-6-9-5-14-11-3-2-8(7-17)4-10(9)11/h2-6,14,17H,7H2,1H3,(H2,13,16). The zero-order chi connectivity index (χ0) is 13.0. The van der Waals surface area contributed by atoms with Gasteiger partial charge in [0.05, 0.1) is 12.8 Å². The predicted octanol–water partition coefficient (Wildman–Crippen LogP) is 1.67. The van der Waals surface area contributed by atoms with E-state index >= 15 is 0 Å². The molecule has 6 heteroatoms. The highest BCUT2D eigenvalue weighted by Crippen LogP contribution is 2.18. The number of thioether (sulfide) groups is 1. The number of aromatic amines is 1. The largest absolute Gasteiger partial charge is 0.392 e. The molecule has 0 saturated carbocycles. The van der Waals surface area contributed by atoms with Gasteiger partial charge in [-0.3, -0.25) is 0 Å². The molecular weight excluding hydrogens is 248 g/mol. The number of aliphatic hydroxyl groups is 1. The highest BCUT2D eigenvalue weighted by Gasteiger charge is 2.02. The van der Waals surface area contributed by atoms with Crippen LogP contribution in [0.2, 0.25) is 0 Å². The van der Waals surface area contributed by atoms with Gasteiger partial charge in [-0.05, 0) is 24.0 Å². The fourth-order valence-corrected chi connectivity index (χ4v) is 1.71. The maximum Gasteiger partial charge on any atom is 0.180 e. The van der Waals surface area contributed by atoms with E-state index in [1.54, 1.807) is 6.21 Å². The second-order valence-electron chi connectivity index (χ2n) is 3.67. The number of nitrogens with two attached hydrogens (primary N) is 1. The molecule has 0 aliphatic heterocycles. The van der Waals surface area contributed by atoms with E-state index in [0.29, 0.717) is 5.17 Å². The molecule has 1 aromatic heterocycles. The van der Waals surface area contributed by atoms with E-state index in [1.807, 2.05) is 30.7 Å². The van der Waals surface area contributed by atoms with Gasteiger partial charge in [-0.15, -0.1) is 5.10 Å². The highest BCUT2D eigenvalue weighted by atomic mass is 32.2. The van der Waals surface area contributed by atoms with Gasteiger partial charge in [-0.2, -0.15) is 5.10 Å². The first-order chi connectivity index (χ1) is 8.74. The van der Waals surface area contributed by atoms with Crippen LogP contribution in [0.1, 0.15) is 11.1 Å². The fourth-order valence-electron chi connectivity index (χ4n) is 1.58. The normalized spacial score (nSPS) is 12.7. The van der Waals surface area contributed by atoms with Gasteiger partial charge in [0.25, 0.3) is 0 Å². The van der Waals surface area contributed by atoms with E-state index in [9.17, 15) is 0 Å². The SMILES string of the molecule is CSC(N)=NN=Cc1c[nH]c2ccc(CO)cc12. The van der Waals surface area contributed by atoms with Crippen LogP contribution in [0.3, 0.4) is 0 Å². The Morgan fingerprint density at radius 3 is 3.11 bits per heavy atom. The van der Waals surface area contributed by atoms with Gasteiger partial charge in [-0.1, -0.05) is 17.8 Å². The smallest absolute Gasteiger partial charge is 0.180 e. The lowest BCUT2D eigenvalue weighted by Gasteiger charge is -1.96. The Kier molecular flexibility index (Phi) is 4.01. The maximum absolute atomic E-state index is 9.12. The Labute approximate surface area is 109 Å². The molecule has 0 aliphatic rings. The highest BCUT2D eigenvalue weighted by molar-refractivity contribution is 8.13. The molecule has 4 N–H and O–H groups in total. The van der Waals surface area contributed by atoms with Crippen molar-refractivity contribution in [3.05, 3.63) is 35.5 Å². The summed E-state index contributed by atoms with van der Waals surface area (Å²) in [6.07, 6.45) is 5.33. The topological polar surface area (TPSA) is 86.8 Å². The van der Waals surface area contributed by atoms with Gasteiger partial charge >= 0.3 is 0 Å². The number of amidine groups is 1. The summed E-state index contributed by atoms with van der Waals surface area (Å²) in [5, 5.41) is 18.3. The molecule has 0 fully saturated rings. The summed E-state index contributed by atoms with van der Waals surface area (Å²) in [4.78, 5) is 3.13. The van der Waals surface area contributed by atoms with Crippen LogP contribution in [-0.4, -0.2) is 27.7 Å². The van der Waals surface area contributed by atoms with Crippen LogP contribution in [0.25, 0.3) is 10.9 Å². The van der Waals surface area contributed by atoms with Gasteiger partial charge in [0.1, 0.15) is 0 Å². The molecular formula is C12H14N4OS. The summed E-state index contributed by atoms with van der Waals surface area (Å²) in [6, 6.07) is 5.73. The van der Waals surface area contributed by atoms with Gasteiger partial charge in [-0.25, -0.2) is 0 Å². The molecule has 0 aliphatic carbocycles. The lowest BCUT2D eigenvalue weighted by Crippen LogP contribution is -2.03. The first-order valence-electron chi connectivity index (χ1n) is 5.36. The van der Waals surface area contributed by atoms with Crippen molar-refractivity contribution in [1.29, 1.82) is 0 Å². The second kappa shape index (κ2) is 5.70. The number of benzene rings is 1. The van der Waals surface area contributed by atoms with Crippen molar-refractivity contribution in [2.24, 2.45) is 15.9 Å². The number of hydrogen-bond donors (Lipinski definition) is 3. The first-order valence-corrected chi connectivity index (χ1v) is 6.58. The Morgan fingerprint density at radius 1 is 1.56 bits per heavy atom. The molecule has 1 heterocycles. The lowest BCUT2D eigenvalue weighted by atomic mass is 10.1. The molecule has 2 aromatic rings. The molecule has 5 nitrogen and oxygen atoms in total. The molecule has 0 unspecified atom stereocenters. The third kappa shape index (κ3) is 2.72. The van der Waals surface area contributed by atoms with Crippen molar-refractivity contribution < 1.29 is 5.11 Å². The molecule has 2 rings (SSSR count). The van der Waals surface area contributed by atoms with Gasteiger partial charge in [0.15, 0.2) is 5.17 Å². The predicted molar refractivity (Wildman–Crippen MR) is 77.0 cm³/mol. The average Bonchev–Trinajstić information content (AvgIpc) is 2.81. The summed E-state index contributed by atoms with van der Waals surface area (Å²) in [6.45, 7) is 0.0231. The molecule has 0 spiro atoms. The number of fused-ring (bicyclic) bond motifs is 1. The minimum absolute atomic E-state index is 0.0231. The molecule has 0 saturated heterocycles. The van der Waals surface area contributed by atoms with Crippen LogP contribution in [0.5, 0.6) is 0 Å². The minimum atomic E-state index is 0.0231.